The number of hydrogen-bond donors (Lipinski definition) is 2. The predicted molar refractivity (Wildman–Crippen MR) is 275 cm³/mol. The molecule has 0 saturated heterocycles. The van der Waals surface area contributed by atoms with Crippen molar-refractivity contribution in [3.8, 4) is 17.2 Å². The van der Waals surface area contributed by atoms with Crippen LogP contribution < -0.4 is 25.1 Å². The van der Waals surface area contributed by atoms with Gasteiger partial charge in [0.05, 0.1) is 25.4 Å². The minimum Gasteiger partial charge on any atom is -0.490 e. The van der Waals surface area contributed by atoms with Crippen LogP contribution in [0.25, 0.3) is 21.5 Å². The number of unbranched alkanes of at least 4 members (excludes halogenated alkanes) is 27. The van der Waals surface area contributed by atoms with Crippen molar-refractivity contribution >= 4 is 33.4 Å². The monoisotopic (exact) mass is 893 g/mol. The van der Waals surface area contributed by atoms with Gasteiger partial charge in [0.15, 0.2) is 11.5 Å². The molecule has 65 heavy (non-hydrogen) atoms. The fraction of sp³-hybridized carbons (Fsp3) is 0.621. The predicted octanol–water partition coefficient (Wildman–Crippen LogP) is 17.0. The van der Waals surface area contributed by atoms with Crippen molar-refractivity contribution in [1.29, 1.82) is 0 Å². The number of carbonyl (C=O) groups is 2. The second-order valence-electron chi connectivity index (χ2n) is 18.5. The van der Waals surface area contributed by atoms with E-state index in [2.05, 4.69) is 37.7 Å². The summed E-state index contributed by atoms with van der Waals surface area (Å²) in [5.41, 5.74) is 6.33. The van der Waals surface area contributed by atoms with E-state index in [9.17, 15) is 9.59 Å². The number of nitrogens with one attached hydrogen (secondary N) is 2. The molecule has 0 aliphatic carbocycles. The van der Waals surface area contributed by atoms with Crippen molar-refractivity contribution in [3.63, 3.8) is 0 Å². The summed E-state index contributed by atoms with van der Waals surface area (Å²) in [5.74, 6) is 0.785. The number of hydrazine groups is 1. The molecule has 0 aliphatic rings. The van der Waals surface area contributed by atoms with Crippen LogP contribution in [0.3, 0.4) is 0 Å². The second-order valence-corrected chi connectivity index (χ2v) is 18.5. The highest BCUT2D eigenvalue weighted by atomic mass is 16.5. The zero-order chi connectivity index (χ0) is 46.0. The normalized spacial score (nSPS) is 11.3. The van der Waals surface area contributed by atoms with E-state index in [0.29, 0.717) is 48.2 Å². The average molecular weight is 893 g/mol. The molecule has 2 N–H and O–H groups in total. The van der Waals surface area contributed by atoms with Crippen molar-refractivity contribution in [2.45, 2.75) is 213 Å². The third-order valence-electron chi connectivity index (χ3n) is 12.8. The van der Waals surface area contributed by atoms with Crippen molar-refractivity contribution in [1.82, 2.24) is 10.9 Å². The van der Waals surface area contributed by atoms with Crippen LogP contribution in [0, 0.1) is 0 Å². The fourth-order valence-electron chi connectivity index (χ4n) is 8.88. The van der Waals surface area contributed by atoms with Crippen molar-refractivity contribution < 1.29 is 23.8 Å². The molecule has 4 aromatic rings. The standard InChI is InChI=1S/C58H88N2O5/c1-4-7-10-13-16-19-22-25-28-35-42-63-53-46-50(57(61)59-60-58(62)55-51-40-33-31-38-48(51)45-49-39-32-34-41-52(49)55)47-54(64-43-36-29-26-23-20-17-14-11-8-5-2)56(53)65-44-37-30-27-24-21-18-15-12-9-6-3/h31-34,38-41,45-47H,4-30,35-37,42-44H2,1-3H3,(H,59,61)(H,60,62). The van der Waals surface area contributed by atoms with E-state index in [1.807, 2.05) is 48.5 Å². The fourth-order valence-corrected chi connectivity index (χ4v) is 8.88. The van der Waals surface area contributed by atoms with Gasteiger partial charge in [0.25, 0.3) is 11.8 Å². The summed E-state index contributed by atoms with van der Waals surface area (Å²) in [6, 6.07) is 21.3. The third-order valence-corrected chi connectivity index (χ3v) is 12.8. The summed E-state index contributed by atoms with van der Waals surface area (Å²) in [4.78, 5) is 28.0. The first kappa shape index (κ1) is 53.4. The summed E-state index contributed by atoms with van der Waals surface area (Å²) >= 11 is 0. The van der Waals surface area contributed by atoms with Gasteiger partial charge in [-0.25, -0.2) is 0 Å². The number of rotatable bonds is 38. The van der Waals surface area contributed by atoms with Gasteiger partial charge >= 0.3 is 0 Å². The quantitative estimate of drug-likeness (QED) is 0.0266. The first-order valence-electron chi connectivity index (χ1n) is 26.6. The van der Waals surface area contributed by atoms with Crippen LogP contribution in [0.4, 0.5) is 0 Å². The molecular formula is C58H88N2O5. The topological polar surface area (TPSA) is 85.9 Å². The first-order valence-corrected chi connectivity index (χ1v) is 26.6. The van der Waals surface area contributed by atoms with Crippen LogP contribution in [-0.2, 0) is 0 Å². The molecule has 0 heterocycles. The van der Waals surface area contributed by atoms with Gasteiger partial charge in [-0.3, -0.25) is 20.4 Å². The van der Waals surface area contributed by atoms with Crippen molar-refractivity contribution in [3.05, 3.63) is 77.9 Å². The van der Waals surface area contributed by atoms with Gasteiger partial charge in [-0.15, -0.1) is 0 Å². The van der Waals surface area contributed by atoms with Gasteiger partial charge in [0.1, 0.15) is 0 Å². The molecule has 7 nitrogen and oxygen atoms in total. The largest absolute Gasteiger partial charge is 0.490 e. The Kier molecular flexibility index (Phi) is 28.0. The zero-order valence-electron chi connectivity index (χ0n) is 41.2. The summed E-state index contributed by atoms with van der Waals surface area (Å²) in [6.07, 6.45) is 37.4. The molecular weight excluding hydrogens is 805 g/mol. The molecule has 0 fully saturated rings. The zero-order valence-corrected chi connectivity index (χ0v) is 41.2. The maximum absolute atomic E-state index is 14.0. The number of carbonyl (C=O) groups excluding carboxylic acids is 2. The Morgan fingerprint density at radius 3 is 1.09 bits per heavy atom. The Morgan fingerprint density at radius 2 is 0.708 bits per heavy atom. The summed E-state index contributed by atoms with van der Waals surface area (Å²) in [6.45, 7) is 8.41. The smallest absolute Gasteiger partial charge is 0.270 e. The lowest BCUT2D eigenvalue weighted by Crippen LogP contribution is -2.41. The molecule has 0 radical (unpaired) electrons. The van der Waals surface area contributed by atoms with Gasteiger partial charge in [0, 0.05) is 5.56 Å². The van der Waals surface area contributed by atoms with E-state index < -0.39 is 5.91 Å². The highest BCUT2D eigenvalue weighted by Gasteiger charge is 2.21. The minimum absolute atomic E-state index is 0.343. The van der Waals surface area contributed by atoms with Crippen molar-refractivity contribution in [2.75, 3.05) is 19.8 Å². The highest BCUT2D eigenvalue weighted by molar-refractivity contribution is 6.18. The van der Waals surface area contributed by atoms with E-state index in [0.717, 1.165) is 60.1 Å². The molecule has 4 aromatic carbocycles. The molecule has 360 valence electrons. The summed E-state index contributed by atoms with van der Waals surface area (Å²) in [7, 11) is 0. The van der Waals surface area contributed by atoms with Gasteiger partial charge in [-0.1, -0.05) is 243 Å². The summed E-state index contributed by atoms with van der Waals surface area (Å²) in [5, 5.41) is 3.58. The maximum atomic E-state index is 14.0. The minimum atomic E-state index is -0.447. The van der Waals surface area contributed by atoms with E-state index in [4.69, 9.17) is 14.2 Å². The van der Waals surface area contributed by atoms with Crippen LogP contribution in [0.2, 0.25) is 0 Å². The molecule has 0 aromatic heterocycles. The van der Waals surface area contributed by atoms with Gasteiger partial charge in [-0.05, 0) is 59.0 Å². The van der Waals surface area contributed by atoms with Crippen LogP contribution in [-0.4, -0.2) is 31.6 Å². The van der Waals surface area contributed by atoms with Crippen LogP contribution >= 0.6 is 0 Å². The van der Waals surface area contributed by atoms with Crippen LogP contribution in [0.15, 0.2) is 66.7 Å². The van der Waals surface area contributed by atoms with Crippen LogP contribution in [0.5, 0.6) is 17.2 Å². The van der Waals surface area contributed by atoms with Crippen molar-refractivity contribution in [2.24, 2.45) is 0 Å². The van der Waals surface area contributed by atoms with E-state index in [1.165, 1.54) is 154 Å². The van der Waals surface area contributed by atoms with Gasteiger partial charge < -0.3 is 14.2 Å². The molecule has 0 aliphatic heterocycles. The Balaban J connectivity index is 1.45. The number of hydrogen-bond acceptors (Lipinski definition) is 5. The molecule has 7 heteroatoms. The number of benzene rings is 4. The Morgan fingerprint density at radius 1 is 0.385 bits per heavy atom. The molecule has 0 saturated carbocycles. The van der Waals surface area contributed by atoms with E-state index >= 15 is 0 Å². The number of amides is 2. The first-order chi connectivity index (χ1) is 32.1. The molecule has 4 rings (SSSR count). The Bertz CT molecular complexity index is 1790. The molecule has 0 unspecified atom stereocenters. The molecule has 0 bridgehead atoms. The Labute approximate surface area is 394 Å². The SMILES string of the molecule is CCCCCCCCCCCCOc1cc(C(=O)NNC(=O)c2c3ccccc3cc3ccccc23)cc(OCCCCCCCCCCCC)c1OCCCCCCCCCCCC. The lowest BCUT2D eigenvalue weighted by Gasteiger charge is -2.19. The van der Waals surface area contributed by atoms with E-state index in [1.54, 1.807) is 12.1 Å². The molecule has 2 amide bonds. The number of ether oxygens (including phenoxy) is 3. The highest BCUT2D eigenvalue weighted by Crippen LogP contribution is 2.40. The lowest BCUT2D eigenvalue weighted by atomic mass is 9.96. The van der Waals surface area contributed by atoms with Gasteiger partial charge in [0.2, 0.25) is 5.75 Å². The third kappa shape index (κ3) is 20.8. The van der Waals surface area contributed by atoms with E-state index in [-0.39, 0.29) is 5.91 Å². The van der Waals surface area contributed by atoms with Gasteiger partial charge in [-0.2, -0.15) is 0 Å². The second kappa shape index (κ2) is 34.1. The molecule has 0 atom stereocenters. The lowest BCUT2D eigenvalue weighted by molar-refractivity contribution is 0.0848. The average Bonchev–Trinajstić information content (AvgIpc) is 3.32. The Hall–Kier alpha value is -4.26. The molecule has 0 spiro atoms. The van der Waals surface area contributed by atoms with Crippen LogP contribution in [0.1, 0.15) is 234 Å². The maximum Gasteiger partial charge on any atom is 0.270 e. The number of fused-ring (bicyclic) bond motifs is 2. The summed E-state index contributed by atoms with van der Waals surface area (Å²) < 4.78 is 19.6.